The summed E-state index contributed by atoms with van der Waals surface area (Å²) in [7, 11) is 0. The lowest BCUT2D eigenvalue weighted by molar-refractivity contribution is 0.0734. The minimum atomic E-state index is -0.450. The van der Waals surface area contributed by atoms with Gasteiger partial charge in [-0.1, -0.05) is 17.2 Å². The summed E-state index contributed by atoms with van der Waals surface area (Å²) in [6.45, 7) is 3.83. The number of hydrogen-bond acceptors (Lipinski definition) is 3. The Morgan fingerprint density at radius 2 is 1.23 bits per heavy atom. The minimum Gasteiger partial charge on any atom is -0.423 e. The van der Waals surface area contributed by atoms with Crippen LogP contribution < -0.4 is 4.74 Å². The number of hydrogen-bond donors (Lipinski definition) is 0. The Bertz CT molecular complexity index is 937. The van der Waals surface area contributed by atoms with Crippen LogP contribution in [0.2, 0.25) is 0 Å². The van der Waals surface area contributed by atoms with Crippen LogP contribution in [0.25, 0.3) is 0 Å². The Morgan fingerprint density at radius 3 is 1.77 bits per heavy atom. The predicted molar refractivity (Wildman–Crippen MR) is 97.1 cm³/mol. The van der Waals surface area contributed by atoms with Gasteiger partial charge in [-0.25, -0.2) is 9.18 Å². The second kappa shape index (κ2) is 7.31. The third-order valence-corrected chi connectivity index (χ3v) is 3.89. The van der Waals surface area contributed by atoms with E-state index in [1.807, 2.05) is 19.9 Å². The smallest absolute Gasteiger partial charge is 0.343 e. The van der Waals surface area contributed by atoms with Gasteiger partial charge < -0.3 is 4.74 Å². The van der Waals surface area contributed by atoms with Crippen LogP contribution in [0.15, 0.2) is 66.7 Å². The lowest BCUT2D eigenvalue weighted by atomic mass is 10.0. The molecule has 3 aromatic rings. The van der Waals surface area contributed by atoms with Crippen LogP contribution in [0.5, 0.6) is 5.75 Å². The van der Waals surface area contributed by atoms with Crippen LogP contribution in [0.4, 0.5) is 4.39 Å². The zero-order valence-corrected chi connectivity index (χ0v) is 14.5. The van der Waals surface area contributed by atoms with Gasteiger partial charge in [-0.2, -0.15) is 0 Å². The van der Waals surface area contributed by atoms with Gasteiger partial charge in [0.25, 0.3) is 0 Å². The average molecular weight is 348 g/mol. The highest BCUT2D eigenvalue weighted by Crippen LogP contribution is 2.18. The van der Waals surface area contributed by atoms with E-state index in [1.165, 1.54) is 24.3 Å². The van der Waals surface area contributed by atoms with Gasteiger partial charge in [0.05, 0.1) is 5.56 Å². The molecular formula is C22H17FO3. The Labute approximate surface area is 151 Å². The Hall–Kier alpha value is -3.27. The van der Waals surface area contributed by atoms with Crippen LogP contribution in [-0.2, 0) is 0 Å². The zero-order chi connectivity index (χ0) is 18.7. The first-order valence-electron chi connectivity index (χ1n) is 8.13. The van der Waals surface area contributed by atoms with Crippen molar-refractivity contribution >= 4 is 11.8 Å². The number of benzene rings is 3. The maximum atomic E-state index is 13.0. The summed E-state index contributed by atoms with van der Waals surface area (Å²) >= 11 is 0. The van der Waals surface area contributed by atoms with Crippen molar-refractivity contribution in [3.05, 3.63) is 100 Å². The van der Waals surface area contributed by atoms with Crippen LogP contribution in [0.1, 0.15) is 37.4 Å². The van der Waals surface area contributed by atoms with Crippen LogP contribution in [0, 0.1) is 19.7 Å². The van der Waals surface area contributed by atoms with Gasteiger partial charge in [-0.15, -0.1) is 0 Å². The van der Waals surface area contributed by atoms with Crippen molar-refractivity contribution in [1.29, 1.82) is 0 Å². The van der Waals surface area contributed by atoms with Crippen molar-refractivity contribution in [3.8, 4) is 5.75 Å². The molecule has 0 spiro atoms. The molecule has 0 N–H and O–H groups in total. The first-order chi connectivity index (χ1) is 12.4. The van der Waals surface area contributed by atoms with Gasteiger partial charge in [0.1, 0.15) is 11.6 Å². The molecule has 26 heavy (non-hydrogen) atoms. The molecule has 0 heterocycles. The third-order valence-electron chi connectivity index (χ3n) is 3.89. The topological polar surface area (TPSA) is 43.4 Å². The Morgan fingerprint density at radius 1 is 0.731 bits per heavy atom. The van der Waals surface area contributed by atoms with Crippen molar-refractivity contribution in [2.24, 2.45) is 0 Å². The molecule has 0 radical (unpaired) electrons. The first-order valence-corrected chi connectivity index (χ1v) is 8.13. The fourth-order valence-corrected chi connectivity index (χ4v) is 2.70. The number of esters is 1. The summed E-state index contributed by atoms with van der Waals surface area (Å²) in [5.74, 6) is -0.716. The van der Waals surface area contributed by atoms with Crippen molar-refractivity contribution in [2.75, 3.05) is 0 Å². The zero-order valence-electron chi connectivity index (χ0n) is 14.5. The molecule has 0 amide bonds. The highest BCUT2D eigenvalue weighted by atomic mass is 19.1. The van der Waals surface area contributed by atoms with Gasteiger partial charge in [0.15, 0.2) is 5.78 Å². The SMILES string of the molecule is Cc1cc(C)cc(C(=O)Oc2ccc(C(=O)c3ccc(F)cc3)cc2)c1. The van der Waals surface area contributed by atoms with Gasteiger partial charge >= 0.3 is 5.97 Å². The number of ketones is 1. The van der Waals surface area contributed by atoms with E-state index in [0.717, 1.165) is 11.1 Å². The average Bonchev–Trinajstić information content (AvgIpc) is 2.61. The van der Waals surface area contributed by atoms with E-state index in [1.54, 1.807) is 36.4 Å². The minimum absolute atomic E-state index is 0.225. The van der Waals surface area contributed by atoms with Gasteiger partial charge in [-0.3, -0.25) is 4.79 Å². The standard InChI is InChI=1S/C22H17FO3/c1-14-11-15(2)13-18(12-14)22(25)26-20-9-5-17(6-10-20)21(24)16-3-7-19(23)8-4-16/h3-13H,1-2H3. The van der Waals surface area contributed by atoms with Crippen LogP contribution in [-0.4, -0.2) is 11.8 Å². The summed E-state index contributed by atoms with van der Waals surface area (Å²) in [4.78, 5) is 24.6. The Balaban J connectivity index is 1.74. The molecule has 4 heteroatoms. The van der Waals surface area contributed by atoms with Crippen LogP contribution >= 0.6 is 0 Å². The van der Waals surface area contributed by atoms with E-state index in [-0.39, 0.29) is 5.78 Å². The summed E-state index contributed by atoms with van der Waals surface area (Å²) < 4.78 is 18.3. The van der Waals surface area contributed by atoms with E-state index in [0.29, 0.717) is 22.4 Å². The molecule has 0 saturated heterocycles. The number of aryl methyl sites for hydroxylation is 2. The normalized spacial score (nSPS) is 10.4. The van der Waals surface area contributed by atoms with E-state index in [9.17, 15) is 14.0 Å². The molecule has 0 aromatic heterocycles. The number of halogens is 1. The monoisotopic (exact) mass is 348 g/mol. The highest BCUT2D eigenvalue weighted by molar-refractivity contribution is 6.09. The van der Waals surface area contributed by atoms with E-state index < -0.39 is 11.8 Å². The van der Waals surface area contributed by atoms with Crippen LogP contribution in [0.3, 0.4) is 0 Å². The van der Waals surface area contributed by atoms with Crippen molar-refractivity contribution < 1.29 is 18.7 Å². The summed E-state index contributed by atoms with van der Waals surface area (Å²) in [6.07, 6.45) is 0. The molecule has 0 bridgehead atoms. The number of ether oxygens (including phenoxy) is 1. The molecule has 130 valence electrons. The summed E-state index contributed by atoms with van der Waals surface area (Å²) in [5.41, 5.74) is 3.28. The number of carbonyl (C=O) groups is 2. The molecule has 0 aliphatic rings. The number of rotatable bonds is 4. The molecular weight excluding hydrogens is 331 g/mol. The fraction of sp³-hybridized carbons (Fsp3) is 0.0909. The Kier molecular flexibility index (Phi) is 4.94. The first kappa shape index (κ1) is 17.5. The molecule has 0 unspecified atom stereocenters. The molecule has 3 aromatic carbocycles. The molecule has 0 aliphatic heterocycles. The fourth-order valence-electron chi connectivity index (χ4n) is 2.70. The van der Waals surface area contributed by atoms with Gasteiger partial charge in [0, 0.05) is 11.1 Å². The van der Waals surface area contributed by atoms with Gasteiger partial charge in [0.2, 0.25) is 0 Å². The van der Waals surface area contributed by atoms with Crippen molar-refractivity contribution in [3.63, 3.8) is 0 Å². The molecule has 3 nitrogen and oxygen atoms in total. The van der Waals surface area contributed by atoms with Crippen molar-refractivity contribution in [2.45, 2.75) is 13.8 Å². The third kappa shape index (κ3) is 4.03. The lowest BCUT2D eigenvalue weighted by Crippen LogP contribution is -2.09. The second-order valence-corrected chi connectivity index (χ2v) is 6.13. The highest BCUT2D eigenvalue weighted by Gasteiger charge is 2.12. The molecule has 0 atom stereocenters. The predicted octanol–water partition coefficient (Wildman–Crippen LogP) is 4.89. The molecule has 0 aliphatic carbocycles. The number of carbonyl (C=O) groups excluding carboxylic acids is 2. The summed E-state index contributed by atoms with van der Waals surface area (Å²) in [5, 5.41) is 0. The quantitative estimate of drug-likeness (QED) is 0.383. The second-order valence-electron chi connectivity index (χ2n) is 6.13. The largest absolute Gasteiger partial charge is 0.423 e. The van der Waals surface area contributed by atoms with Gasteiger partial charge in [-0.05, 0) is 74.5 Å². The van der Waals surface area contributed by atoms with Crippen molar-refractivity contribution in [1.82, 2.24) is 0 Å². The lowest BCUT2D eigenvalue weighted by Gasteiger charge is -2.07. The maximum Gasteiger partial charge on any atom is 0.343 e. The molecule has 0 saturated carbocycles. The molecule has 3 rings (SSSR count). The van der Waals surface area contributed by atoms with E-state index >= 15 is 0 Å². The summed E-state index contributed by atoms with van der Waals surface area (Å²) in [6, 6.07) is 17.2. The maximum absolute atomic E-state index is 13.0. The molecule has 0 fully saturated rings. The van der Waals surface area contributed by atoms with E-state index in [4.69, 9.17) is 4.74 Å². The van der Waals surface area contributed by atoms with E-state index in [2.05, 4.69) is 0 Å².